The van der Waals surface area contributed by atoms with E-state index in [2.05, 4.69) is 59.7 Å². The maximum atomic E-state index is 14.7. The molecule has 27 heavy (non-hydrogen) atoms. The SMILES string of the molecule is CC(C)c1ccc(C(C)C)c(COc2cc(C(C)C)cc(F)c2C(C)C)c1. The van der Waals surface area contributed by atoms with E-state index in [-0.39, 0.29) is 17.7 Å². The molecular formula is C25H35FO. The monoisotopic (exact) mass is 370 g/mol. The largest absolute Gasteiger partial charge is 0.488 e. The van der Waals surface area contributed by atoms with Gasteiger partial charge in [0, 0.05) is 5.56 Å². The predicted octanol–water partition coefficient (Wildman–Crippen LogP) is 7.90. The lowest BCUT2D eigenvalue weighted by atomic mass is 9.92. The van der Waals surface area contributed by atoms with Crippen molar-refractivity contribution < 1.29 is 9.13 Å². The number of rotatable bonds is 7. The summed E-state index contributed by atoms with van der Waals surface area (Å²) in [6.45, 7) is 17.5. The molecule has 2 aromatic carbocycles. The van der Waals surface area contributed by atoms with Gasteiger partial charge in [-0.15, -0.1) is 0 Å². The van der Waals surface area contributed by atoms with Crippen molar-refractivity contribution in [1.29, 1.82) is 0 Å². The fourth-order valence-electron chi connectivity index (χ4n) is 3.45. The summed E-state index contributed by atoms with van der Waals surface area (Å²) in [5.41, 5.74) is 5.45. The van der Waals surface area contributed by atoms with E-state index >= 15 is 0 Å². The minimum Gasteiger partial charge on any atom is -0.488 e. The lowest BCUT2D eigenvalue weighted by molar-refractivity contribution is 0.297. The second kappa shape index (κ2) is 8.91. The Hall–Kier alpha value is -1.83. The van der Waals surface area contributed by atoms with Crippen molar-refractivity contribution in [1.82, 2.24) is 0 Å². The average molecular weight is 371 g/mol. The van der Waals surface area contributed by atoms with E-state index in [1.54, 1.807) is 6.07 Å². The highest BCUT2D eigenvalue weighted by Crippen LogP contribution is 2.34. The van der Waals surface area contributed by atoms with Gasteiger partial charge in [0.2, 0.25) is 0 Å². The summed E-state index contributed by atoms with van der Waals surface area (Å²) in [5, 5.41) is 0. The highest BCUT2D eigenvalue weighted by molar-refractivity contribution is 5.42. The average Bonchev–Trinajstić information content (AvgIpc) is 2.58. The Morgan fingerprint density at radius 2 is 1.37 bits per heavy atom. The second-order valence-corrected chi connectivity index (χ2v) is 8.78. The minimum absolute atomic E-state index is 0.0766. The molecule has 0 unspecified atom stereocenters. The Kier molecular flexibility index (Phi) is 7.08. The first-order valence-electron chi connectivity index (χ1n) is 10.2. The molecule has 0 N–H and O–H groups in total. The first-order valence-corrected chi connectivity index (χ1v) is 10.2. The number of hydrogen-bond acceptors (Lipinski definition) is 1. The van der Waals surface area contributed by atoms with Gasteiger partial charge in [-0.3, -0.25) is 0 Å². The molecule has 0 saturated carbocycles. The van der Waals surface area contributed by atoms with Crippen LogP contribution in [0.4, 0.5) is 4.39 Å². The van der Waals surface area contributed by atoms with E-state index in [4.69, 9.17) is 4.74 Å². The summed E-state index contributed by atoms with van der Waals surface area (Å²) in [4.78, 5) is 0. The van der Waals surface area contributed by atoms with E-state index in [9.17, 15) is 4.39 Å². The fraction of sp³-hybridized carbons (Fsp3) is 0.520. The van der Waals surface area contributed by atoms with Gasteiger partial charge in [0.05, 0.1) is 0 Å². The third-order valence-corrected chi connectivity index (χ3v) is 5.20. The van der Waals surface area contributed by atoms with E-state index in [0.29, 0.717) is 29.8 Å². The molecule has 0 aliphatic heterocycles. The fourth-order valence-corrected chi connectivity index (χ4v) is 3.45. The standard InChI is InChI=1S/C25H35FO/c1-15(2)19-9-10-22(17(5)6)21(11-19)14-27-24-13-20(16(3)4)12-23(26)25(24)18(7)8/h9-13,15-18H,14H2,1-8H3. The Balaban J connectivity index is 2.42. The molecule has 2 rings (SSSR count). The maximum absolute atomic E-state index is 14.7. The number of benzene rings is 2. The summed E-state index contributed by atoms with van der Waals surface area (Å²) >= 11 is 0. The highest BCUT2D eigenvalue weighted by atomic mass is 19.1. The molecule has 0 aliphatic rings. The Morgan fingerprint density at radius 3 is 1.89 bits per heavy atom. The molecule has 0 radical (unpaired) electrons. The van der Waals surface area contributed by atoms with Gasteiger partial charge in [-0.05, 0) is 58.1 Å². The van der Waals surface area contributed by atoms with Gasteiger partial charge in [0.1, 0.15) is 18.2 Å². The second-order valence-electron chi connectivity index (χ2n) is 8.78. The summed E-state index contributed by atoms with van der Waals surface area (Å²) in [5.74, 6) is 1.75. The van der Waals surface area contributed by atoms with Crippen molar-refractivity contribution in [3.8, 4) is 5.75 Å². The summed E-state index contributed by atoms with van der Waals surface area (Å²) in [7, 11) is 0. The molecule has 1 nitrogen and oxygen atoms in total. The zero-order valence-corrected chi connectivity index (χ0v) is 18.2. The van der Waals surface area contributed by atoms with Gasteiger partial charge in [-0.1, -0.05) is 73.6 Å². The first-order chi connectivity index (χ1) is 12.6. The summed E-state index contributed by atoms with van der Waals surface area (Å²) < 4.78 is 21.0. The van der Waals surface area contributed by atoms with E-state index < -0.39 is 0 Å². The maximum Gasteiger partial charge on any atom is 0.130 e. The van der Waals surface area contributed by atoms with Crippen molar-refractivity contribution in [3.63, 3.8) is 0 Å². The van der Waals surface area contributed by atoms with E-state index in [0.717, 1.165) is 5.56 Å². The molecule has 0 saturated heterocycles. The van der Waals surface area contributed by atoms with Crippen LogP contribution in [-0.2, 0) is 6.61 Å². The van der Waals surface area contributed by atoms with Crippen molar-refractivity contribution in [2.45, 2.75) is 85.7 Å². The zero-order chi connectivity index (χ0) is 20.3. The Labute approximate surface area is 165 Å². The van der Waals surface area contributed by atoms with Crippen LogP contribution in [-0.4, -0.2) is 0 Å². The van der Waals surface area contributed by atoms with Crippen LogP contribution in [0.25, 0.3) is 0 Å². The third kappa shape index (κ3) is 5.12. The third-order valence-electron chi connectivity index (χ3n) is 5.20. The van der Waals surface area contributed by atoms with Crippen LogP contribution in [0.5, 0.6) is 5.75 Å². The number of hydrogen-bond donors (Lipinski definition) is 0. The molecule has 0 amide bonds. The minimum atomic E-state index is -0.161. The Morgan fingerprint density at radius 1 is 0.741 bits per heavy atom. The molecular weight excluding hydrogens is 335 g/mol. The molecule has 0 atom stereocenters. The van der Waals surface area contributed by atoms with Crippen LogP contribution in [0.1, 0.15) is 107 Å². The van der Waals surface area contributed by atoms with Gasteiger partial charge in [-0.2, -0.15) is 0 Å². The lowest BCUT2D eigenvalue weighted by Gasteiger charge is -2.20. The first kappa shape index (κ1) is 21.5. The van der Waals surface area contributed by atoms with Gasteiger partial charge < -0.3 is 4.74 Å². The van der Waals surface area contributed by atoms with Gasteiger partial charge in [-0.25, -0.2) is 4.39 Å². The highest BCUT2D eigenvalue weighted by Gasteiger charge is 2.18. The number of halogens is 1. The number of ether oxygens (including phenoxy) is 1. The lowest BCUT2D eigenvalue weighted by Crippen LogP contribution is -2.07. The van der Waals surface area contributed by atoms with Crippen LogP contribution in [0, 0.1) is 5.82 Å². The zero-order valence-electron chi connectivity index (χ0n) is 18.2. The van der Waals surface area contributed by atoms with Crippen molar-refractivity contribution in [2.24, 2.45) is 0 Å². The molecule has 0 heterocycles. The van der Waals surface area contributed by atoms with E-state index in [1.165, 1.54) is 16.7 Å². The smallest absolute Gasteiger partial charge is 0.130 e. The molecule has 0 fully saturated rings. The van der Waals surface area contributed by atoms with Crippen molar-refractivity contribution >= 4 is 0 Å². The van der Waals surface area contributed by atoms with Crippen LogP contribution in [0.15, 0.2) is 30.3 Å². The van der Waals surface area contributed by atoms with Gasteiger partial charge >= 0.3 is 0 Å². The quantitative estimate of drug-likeness (QED) is 0.481. The molecule has 2 heteroatoms. The van der Waals surface area contributed by atoms with Crippen LogP contribution in [0.2, 0.25) is 0 Å². The van der Waals surface area contributed by atoms with Crippen LogP contribution in [0.3, 0.4) is 0 Å². The van der Waals surface area contributed by atoms with E-state index in [1.807, 2.05) is 19.9 Å². The molecule has 0 aromatic heterocycles. The van der Waals surface area contributed by atoms with Crippen LogP contribution < -0.4 is 4.74 Å². The molecule has 148 valence electrons. The summed E-state index contributed by atoms with van der Waals surface area (Å²) in [6, 6.07) is 10.4. The topological polar surface area (TPSA) is 9.23 Å². The molecule has 2 aromatic rings. The Bertz CT molecular complexity index is 772. The van der Waals surface area contributed by atoms with Crippen molar-refractivity contribution in [2.75, 3.05) is 0 Å². The van der Waals surface area contributed by atoms with Crippen LogP contribution >= 0.6 is 0 Å². The summed E-state index contributed by atoms with van der Waals surface area (Å²) in [6.07, 6.45) is 0. The molecule has 0 spiro atoms. The normalized spacial score (nSPS) is 11.9. The molecule has 0 aliphatic carbocycles. The molecule has 0 bridgehead atoms. The predicted molar refractivity (Wildman–Crippen MR) is 114 cm³/mol. The van der Waals surface area contributed by atoms with Gasteiger partial charge in [0.25, 0.3) is 0 Å². The van der Waals surface area contributed by atoms with Crippen molar-refractivity contribution in [3.05, 3.63) is 64.0 Å². The van der Waals surface area contributed by atoms with Gasteiger partial charge in [0.15, 0.2) is 0 Å².